The SMILES string of the molecule is CC(Nc1ccc2ncsc2c1)c1ccc(F)cn1. The Kier molecular flexibility index (Phi) is 3.13. The summed E-state index contributed by atoms with van der Waals surface area (Å²) in [7, 11) is 0. The van der Waals surface area contributed by atoms with Gasteiger partial charge in [0.15, 0.2) is 0 Å². The molecule has 2 heterocycles. The molecule has 96 valence electrons. The maximum atomic E-state index is 12.8. The van der Waals surface area contributed by atoms with Gasteiger partial charge in [-0.25, -0.2) is 9.37 Å². The largest absolute Gasteiger partial charge is 0.377 e. The molecule has 3 aromatic rings. The van der Waals surface area contributed by atoms with Crippen LogP contribution in [0.15, 0.2) is 42.0 Å². The molecule has 0 saturated heterocycles. The Morgan fingerprint density at radius 3 is 2.89 bits per heavy atom. The van der Waals surface area contributed by atoms with Gasteiger partial charge in [-0.05, 0) is 37.3 Å². The molecular formula is C14H12FN3S. The normalized spacial score (nSPS) is 12.5. The Morgan fingerprint density at radius 2 is 2.11 bits per heavy atom. The van der Waals surface area contributed by atoms with Gasteiger partial charge in [-0.2, -0.15) is 0 Å². The summed E-state index contributed by atoms with van der Waals surface area (Å²) < 4.78 is 14.0. The average molecular weight is 273 g/mol. The van der Waals surface area contributed by atoms with Crippen molar-refractivity contribution in [3.63, 3.8) is 0 Å². The van der Waals surface area contributed by atoms with E-state index in [-0.39, 0.29) is 11.9 Å². The number of aromatic nitrogens is 2. The van der Waals surface area contributed by atoms with Crippen LogP contribution in [0.5, 0.6) is 0 Å². The van der Waals surface area contributed by atoms with Crippen LogP contribution in [0.1, 0.15) is 18.7 Å². The highest BCUT2D eigenvalue weighted by molar-refractivity contribution is 7.16. The first kappa shape index (κ1) is 12.0. The summed E-state index contributed by atoms with van der Waals surface area (Å²) in [4.78, 5) is 8.32. The fourth-order valence-electron chi connectivity index (χ4n) is 1.91. The summed E-state index contributed by atoms with van der Waals surface area (Å²) in [5.74, 6) is -0.318. The van der Waals surface area contributed by atoms with E-state index in [1.807, 2.05) is 24.6 Å². The Balaban J connectivity index is 1.81. The number of fused-ring (bicyclic) bond motifs is 1. The Labute approximate surface area is 114 Å². The Bertz CT molecular complexity index is 693. The van der Waals surface area contributed by atoms with Crippen molar-refractivity contribution in [2.75, 3.05) is 5.32 Å². The molecule has 1 atom stereocenters. The first-order chi connectivity index (χ1) is 9.22. The minimum Gasteiger partial charge on any atom is -0.377 e. The number of hydrogen-bond donors (Lipinski definition) is 1. The lowest BCUT2D eigenvalue weighted by molar-refractivity contribution is 0.617. The van der Waals surface area contributed by atoms with Gasteiger partial charge in [0.2, 0.25) is 0 Å². The number of rotatable bonds is 3. The van der Waals surface area contributed by atoms with E-state index in [0.717, 1.165) is 21.6 Å². The van der Waals surface area contributed by atoms with Gasteiger partial charge >= 0.3 is 0 Å². The van der Waals surface area contributed by atoms with Crippen molar-refractivity contribution < 1.29 is 4.39 Å². The van der Waals surface area contributed by atoms with Crippen molar-refractivity contribution in [3.05, 3.63) is 53.6 Å². The van der Waals surface area contributed by atoms with Crippen LogP contribution in [0, 0.1) is 5.82 Å². The lowest BCUT2D eigenvalue weighted by Gasteiger charge is -2.14. The zero-order valence-corrected chi connectivity index (χ0v) is 11.1. The molecule has 0 spiro atoms. The van der Waals surface area contributed by atoms with E-state index in [0.29, 0.717) is 0 Å². The fraction of sp³-hybridized carbons (Fsp3) is 0.143. The average Bonchev–Trinajstić information content (AvgIpc) is 2.87. The number of anilines is 1. The maximum absolute atomic E-state index is 12.8. The number of nitrogens with one attached hydrogen (secondary N) is 1. The maximum Gasteiger partial charge on any atom is 0.141 e. The highest BCUT2D eigenvalue weighted by atomic mass is 32.1. The number of benzene rings is 1. The molecule has 1 unspecified atom stereocenters. The monoisotopic (exact) mass is 273 g/mol. The van der Waals surface area contributed by atoms with Crippen LogP contribution < -0.4 is 5.32 Å². The van der Waals surface area contributed by atoms with Crippen molar-refractivity contribution in [1.29, 1.82) is 0 Å². The van der Waals surface area contributed by atoms with Crippen LogP contribution in [0.25, 0.3) is 10.2 Å². The van der Waals surface area contributed by atoms with E-state index in [1.165, 1.54) is 12.3 Å². The predicted molar refractivity (Wildman–Crippen MR) is 75.9 cm³/mol. The van der Waals surface area contributed by atoms with Crippen molar-refractivity contribution >= 4 is 27.2 Å². The van der Waals surface area contributed by atoms with Crippen LogP contribution in [-0.4, -0.2) is 9.97 Å². The van der Waals surface area contributed by atoms with Crippen molar-refractivity contribution in [2.24, 2.45) is 0 Å². The van der Waals surface area contributed by atoms with Gasteiger partial charge in [-0.1, -0.05) is 0 Å². The topological polar surface area (TPSA) is 37.8 Å². The van der Waals surface area contributed by atoms with Crippen LogP contribution in [0.4, 0.5) is 10.1 Å². The van der Waals surface area contributed by atoms with Crippen LogP contribution >= 0.6 is 11.3 Å². The summed E-state index contributed by atoms with van der Waals surface area (Å²) in [5.41, 5.74) is 4.66. The molecule has 5 heteroatoms. The Hall–Kier alpha value is -2.01. The van der Waals surface area contributed by atoms with E-state index in [9.17, 15) is 4.39 Å². The molecule has 0 aliphatic carbocycles. The van der Waals surface area contributed by atoms with Gasteiger partial charge in [0.25, 0.3) is 0 Å². The molecule has 1 aromatic carbocycles. The van der Waals surface area contributed by atoms with Gasteiger partial charge in [-0.3, -0.25) is 4.98 Å². The molecule has 0 fully saturated rings. The highest BCUT2D eigenvalue weighted by Gasteiger charge is 2.07. The summed E-state index contributed by atoms with van der Waals surface area (Å²) >= 11 is 1.61. The van der Waals surface area contributed by atoms with Gasteiger partial charge in [0.1, 0.15) is 5.82 Å². The van der Waals surface area contributed by atoms with E-state index < -0.39 is 0 Å². The molecule has 0 aliphatic rings. The second kappa shape index (κ2) is 4.93. The van der Waals surface area contributed by atoms with Gasteiger partial charge in [-0.15, -0.1) is 11.3 Å². The lowest BCUT2D eigenvalue weighted by Crippen LogP contribution is -2.08. The molecule has 3 nitrogen and oxygen atoms in total. The molecule has 0 radical (unpaired) electrons. The first-order valence-electron chi connectivity index (χ1n) is 5.93. The summed E-state index contributed by atoms with van der Waals surface area (Å²) in [6.07, 6.45) is 1.24. The number of hydrogen-bond acceptors (Lipinski definition) is 4. The second-order valence-corrected chi connectivity index (χ2v) is 5.19. The molecule has 0 amide bonds. The zero-order valence-electron chi connectivity index (χ0n) is 10.3. The highest BCUT2D eigenvalue weighted by Crippen LogP contribution is 2.24. The molecule has 3 rings (SSSR count). The molecule has 0 bridgehead atoms. The van der Waals surface area contributed by atoms with E-state index in [2.05, 4.69) is 21.4 Å². The van der Waals surface area contributed by atoms with Gasteiger partial charge in [0, 0.05) is 5.69 Å². The quantitative estimate of drug-likeness (QED) is 0.783. The van der Waals surface area contributed by atoms with Crippen LogP contribution in [0.3, 0.4) is 0 Å². The standard InChI is InChI=1S/C14H12FN3S/c1-9(12-4-2-10(15)7-16-12)18-11-3-5-13-14(6-11)19-8-17-13/h2-9,18H,1H3. The van der Waals surface area contributed by atoms with Crippen LogP contribution in [-0.2, 0) is 0 Å². The molecule has 1 N–H and O–H groups in total. The number of halogens is 1. The molecule has 0 aliphatic heterocycles. The third-order valence-corrected chi connectivity index (χ3v) is 3.70. The van der Waals surface area contributed by atoms with Crippen molar-refractivity contribution in [2.45, 2.75) is 13.0 Å². The van der Waals surface area contributed by atoms with Crippen molar-refractivity contribution in [1.82, 2.24) is 9.97 Å². The summed E-state index contributed by atoms with van der Waals surface area (Å²) in [6, 6.07) is 9.17. The third-order valence-electron chi connectivity index (χ3n) is 2.91. The summed E-state index contributed by atoms with van der Waals surface area (Å²) in [6.45, 7) is 2.00. The number of pyridine rings is 1. The predicted octanol–water partition coefficient (Wildman–Crippen LogP) is 4.00. The lowest BCUT2D eigenvalue weighted by atomic mass is 10.2. The first-order valence-corrected chi connectivity index (χ1v) is 6.81. The van der Waals surface area contributed by atoms with E-state index in [4.69, 9.17) is 0 Å². The minimum atomic E-state index is -0.318. The molecule has 2 aromatic heterocycles. The number of nitrogens with zero attached hydrogens (tertiary/aromatic N) is 2. The van der Waals surface area contributed by atoms with Crippen molar-refractivity contribution in [3.8, 4) is 0 Å². The number of thiazole rings is 1. The zero-order chi connectivity index (χ0) is 13.2. The third kappa shape index (κ3) is 2.56. The second-order valence-electron chi connectivity index (χ2n) is 4.30. The van der Waals surface area contributed by atoms with Crippen LogP contribution in [0.2, 0.25) is 0 Å². The Morgan fingerprint density at radius 1 is 1.21 bits per heavy atom. The summed E-state index contributed by atoms with van der Waals surface area (Å²) in [5, 5.41) is 3.35. The smallest absolute Gasteiger partial charge is 0.141 e. The van der Waals surface area contributed by atoms with E-state index in [1.54, 1.807) is 17.4 Å². The molecular weight excluding hydrogens is 261 g/mol. The molecule has 19 heavy (non-hydrogen) atoms. The molecule has 0 saturated carbocycles. The van der Waals surface area contributed by atoms with Gasteiger partial charge in [0.05, 0.1) is 33.7 Å². The van der Waals surface area contributed by atoms with E-state index >= 15 is 0 Å². The van der Waals surface area contributed by atoms with Gasteiger partial charge < -0.3 is 5.32 Å². The minimum absolute atomic E-state index is 0.0194. The fourth-order valence-corrected chi connectivity index (χ4v) is 2.63.